The lowest BCUT2D eigenvalue weighted by Crippen LogP contribution is -2.14. The molecule has 4 rings (SSSR count). The largest absolute Gasteiger partial charge is 0.326 e. The fourth-order valence-corrected chi connectivity index (χ4v) is 3.06. The monoisotopic (exact) mass is 287 g/mol. The van der Waals surface area contributed by atoms with Crippen LogP contribution >= 0.6 is 0 Å². The van der Waals surface area contributed by atoms with Gasteiger partial charge in [-0.05, 0) is 40.8 Å². The molecule has 3 aromatic rings. The van der Waals surface area contributed by atoms with E-state index in [2.05, 4.69) is 29.6 Å². The molecule has 0 aromatic heterocycles. The van der Waals surface area contributed by atoms with Gasteiger partial charge in [-0.2, -0.15) is 0 Å². The Labute approximate surface area is 129 Å². The molecule has 0 saturated heterocycles. The summed E-state index contributed by atoms with van der Waals surface area (Å²) in [4.78, 5) is 12.4. The van der Waals surface area contributed by atoms with Crippen LogP contribution in [-0.4, -0.2) is 5.91 Å². The molecule has 2 heteroatoms. The fourth-order valence-electron chi connectivity index (χ4n) is 3.06. The van der Waals surface area contributed by atoms with Gasteiger partial charge in [0.2, 0.25) is 5.91 Å². The molecule has 0 radical (unpaired) electrons. The second-order valence-corrected chi connectivity index (χ2v) is 5.91. The van der Waals surface area contributed by atoms with Crippen LogP contribution in [0.5, 0.6) is 0 Å². The molecule has 1 aliphatic carbocycles. The first-order valence-electron chi connectivity index (χ1n) is 7.66. The number of hydrogen-bond acceptors (Lipinski definition) is 1. The summed E-state index contributed by atoms with van der Waals surface area (Å²) in [6.45, 7) is 0. The van der Waals surface area contributed by atoms with Crippen LogP contribution < -0.4 is 5.32 Å². The van der Waals surface area contributed by atoms with Gasteiger partial charge in [0.25, 0.3) is 0 Å². The molecular formula is C20H17NO. The minimum Gasteiger partial charge on any atom is -0.326 e. The Balaban J connectivity index is 1.48. The molecular weight excluding hydrogens is 270 g/mol. The summed E-state index contributed by atoms with van der Waals surface area (Å²) in [7, 11) is 0. The number of carbonyl (C=O) groups is 1. The molecule has 0 aliphatic heterocycles. The van der Waals surface area contributed by atoms with E-state index in [9.17, 15) is 4.79 Å². The highest BCUT2D eigenvalue weighted by molar-refractivity contribution is 5.97. The van der Waals surface area contributed by atoms with Gasteiger partial charge in [0.15, 0.2) is 0 Å². The Hall–Kier alpha value is -2.61. The van der Waals surface area contributed by atoms with Crippen molar-refractivity contribution in [2.75, 3.05) is 5.32 Å². The van der Waals surface area contributed by atoms with Gasteiger partial charge in [-0.15, -0.1) is 0 Å². The molecule has 22 heavy (non-hydrogen) atoms. The quantitative estimate of drug-likeness (QED) is 0.750. The van der Waals surface area contributed by atoms with E-state index in [1.165, 1.54) is 10.9 Å². The average molecular weight is 287 g/mol. The van der Waals surface area contributed by atoms with Crippen LogP contribution in [0.1, 0.15) is 17.9 Å². The van der Waals surface area contributed by atoms with Crippen molar-refractivity contribution >= 4 is 22.4 Å². The zero-order chi connectivity index (χ0) is 14.9. The lowest BCUT2D eigenvalue weighted by molar-refractivity contribution is -0.117. The highest BCUT2D eigenvalue weighted by Gasteiger charge is 2.43. The number of hydrogen-bond donors (Lipinski definition) is 1. The van der Waals surface area contributed by atoms with Gasteiger partial charge in [0.1, 0.15) is 0 Å². The zero-order valence-electron chi connectivity index (χ0n) is 12.2. The van der Waals surface area contributed by atoms with Crippen LogP contribution in [0.25, 0.3) is 10.8 Å². The third-order valence-corrected chi connectivity index (χ3v) is 4.37. The Kier molecular flexibility index (Phi) is 3.15. The Morgan fingerprint density at radius 2 is 1.59 bits per heavy atom. The summed E-state index contributed by atoms with van der Waals surface area (Å²) in [5, 5.41) is 5.39. The molecule has 108 valence electrons. The van der Waals surface area contributed by atoms with Crippen LogP contribution in [0.4, 0.5) is 5.69 Å². The summed E-state index contributed by atoms with van der Waals surface area (Å²) >= 11 is 0. The number of nitrogens with one attached hydrogen (secondary N) is 1. The number of rotatable bonds is 3. The van der Waals surface area contributed by atoms with Gasteiger partial charge in [-0.25, -0.2) is 0 Å². The van der Waals surface area contributed by atoms with Crippen LogP contribution in [0.15, 0.2) is 72.8 Å². The van der Waals surface area contributed by atoms with E-state index in [4.69, 9.17) is 0 Å². The van der Waals surface area contributed by atoms with Crippen molar-refractivity contribution in [3.63, 3.8) is 0 Å². The highest BCUT2D eigenvalue weighted by atomic mass is 16.2. The summed E-state index contributed by atoms with van der Waals surface area (Å²) in [5.74, 6) is 0.611. The van der Waals surface area contributed by atoms with E-state index in [1.54, 1.807) is 0 Å². The molecule has 0 heterocycles. The zero-order valence-corrected chi connectivity index (χ0v) is 12.2. The van der Waals surface area contributed by atoms with Gasteiger partial charge in [-0.1, -0.05) is 60.7 Å². The van der Waals surface area contributed by atoms with Crippen molar-refractivity contribution in [2.24, 2.45) is 5.92 Å². The van der Waals surface area contributed by atoms with Crippen molar-refractivity contribution in [3.05, 3.63) is 78.4 Å². The molecule has 2 nitrogen and oxygen atoms in total. The minimum atomic E-state index is 0.105. The maximum absolute atomic E-state index is 12.4. The Morgan fingerprint density at radius 3 is 2.41 bits per heavy atom. The normalized spacial score (nSPS) is 19.8. The van der Waals surface area contributed by atoms with Gasteiger partial charge in [0.05, 0.1) is 0 Å². The lowest BCUT2D eigenvalue weighted by atomic mass is 10.1. The van der Waals surface area contributed by atoms with Gasteiger partial charge < -0.3 is 5.32 Å². The highest BCUT2D eigenvalue weighted by Crippen LogP contribution is 2.47. The van der Waals surface area contributed by atoms with Crippen LogP contribution in [0.3, 0.4) is 0 Å². The predicted octanol–water partition coefficient (Wildman–Crippen LogP) is 4.58. The van der Waals surface area contributed by atoms with Crippen LogP contribution in [-0.2, 0) is 4.79 Å². The maximum atomic E-state index is 12.4. The summed E-state index contributed by atoms with van der Waals surface area (Å²) in [5.41, 5.74) is 2.14. The van der Waals surface area contributed by atoms with Gasteiger partial charge in [-0.3, -0.25) is 4.79 Å². The smallest absolute Gasteiger partial charge is 0.228 e. The van der Waals surface area contributed by atoms with E-state index in [1.807, 2.05) is 48.5 Å². The Morgan fingerprint density at radius 1 is 0.864 bits per heavy atom. The third-order valence-electron chi connectivity index (χ3n) is 4.37. The van der Waals surface area contributed by atoms with Gasteiger partial charge in [0, 0.05) is 11.6 Å². The molecule has 0 bridgehead atoms. The van der Waals surface area contributed by atoms with E-state index >= 15 is 0 Å². The topological polar surface area (TPSA) is 29.1 Å². The minimum absolute atomic E-state index is 0.105. The van der Waals surface area contributed by atoms with Gasteiger partial charge >= 0.3 is 0 Å². The molecule has 1 aliphatic rings. The molecule has 1 fully saturated rings. The number of anilines is 1. The molecule has 3 aromatic carbocycles. The van der Waals surface area contributed by atoms with Crippen molar-refractivity contribution in [2.45, 2.75) is 12.3 Å². The van der Waals surface area contributed by atoms with Crippen LogP contribution in [0, 0.1) is 5.92 Å². The molecule has 0 spiro atoms. The predicted molar refractivity (Wildman–Crippen MR) is 89.9 cm³/mol. The number of benzene rings is 3. The second-order valence-electron chi connectivity index (χ2n) is 5.91. The maximum Gasteiger partial charge on any atom is 0.228 e. The first-order chi connectivity index (χ1) is 10.8. The summed E-state index contributed by atoms with van der Waals surface area (Å²) in [6, 6.07) is 24.5. The molecule has 1 amide bonds. The first-order valence-corrected chi connectivity index (χ1v) is 7.66. The number of carbonyl (C=O) groups excluding carboxylic acids is 1. The number of fused-ring (bicyclic) bond motifs is 1. The molecule has 1 N–H and O–H groups in total. The Bertz CT molecular complexity index is 825. The number of amides is 1. The molecule has 2 atom stereocenters. The van der Waals surface area contributed by atoms with E-state index in [-0.39, 0.29) is 11.8 Å². The van der Waals surface area contributed by atoms with E-state index < -0.39 is 0 Å². The lowest BCUT2D eigenvalue weighted by Gasteiger charge is -2.06. The fraction of sp³-hybridized carbons (Fsp3) is 0.150. The van der Waals surface area contributed by atoms with Crippen molar-refractivity contribution in [3.8, 4) is 0 Å². The van der Waals surface area contributed by atoms with Crippen molar-refractivity contribution in [1.29, 1.82) is 0 Å². The van der Waals surface area contributed by atoms with Crippen LogP contribution in [0.2, 0.25) is 0 Å². The van der Waals surface area contributed by atoms with E-state index in [0.717, 1.165) is 17.5 Å². The summed E-state index contributed by atoms with van der Waals surface area (Å²) < 4.78 is 0. The standard InChI is InChI=1S/C20H17NO/c22-20(19-13-18(19)15-7-2-1-3-8-15)21-17-11-10-14-6-4-5-9-16(14)12-17/h1-12,18-19H,13H2,(H,21,22)/t18-,19-/m1/s1. The van der Waals surface area contributed by atoms with Crippen molar-refractivity contribution in [1.82, 2.24) is 0 Å². The SMILES string of the molecule is O=C(Nc1ccc2ccccc2c1)[C@@H]1C[C@@H]1c1ccccc1. The first kappa shape index (κ1) is 13.1. The summed E-state index contributed by atoms with van der Waals surface area (Å²) in [6.07, 6.45) is 0.948. The molecule has 0 unspecified atom stereocenters. The molecule has 1 saturated carbocycles. The van der Waals surface area contributed by atoms with E-state index in [0.29, 0.717) is 5.92 Å². The van der Waals surface area contributed by atoms with Crippen molar-refractivity contribution < 1.29 is 4.79 Å². The average Bonchev–Trinajstić information content (AvgIpc) is 3.36. The third kappa shape index (κ3) is 2.48. The second kappa shape index (κ2) is 5.30.